The first-order valence-corrected chi connectivity index (χ1v) is 8.43. The highest BCUT2D eigenvalue weighted by atomic mass is 32.2. The molecular formula is C12H20N4O3S. The molecule has 1 aromatic heterocycles. The van der Waals surface area contributed by atoms with Gasteiger partial charge in [0, 0.05) is 19.7 Å². The monoisotopic (exact) mass is 300 g/mol. The summed E-state index contributed by atoms with van der Waals surface area (Å²) in [6.45, 7) is 0.154. The van der Waals surface area contributed by atoms with E-state index < -0.39 is 10.0 Å². The van der Waals surface area contributed by atoms with Crippen LogP contribution in [0, 0.1) is 11.3 Å². The summed E-state index contributed by atoms with van der Waals surface area (Å²) in [5, 5.41) is 16.9. The molecule has 8 heteroatoms. The van der Waals surface area contributed by atoms with Crippen molar-refractivity contribution in [2.75, 3.05) is 6.61 Å². The van der Waals surface area contributed by atoms with E-state index in [4.69, 9.17) is 0 Å². The van der Waals surface area contributed by atoms with Gasteiger partial charge in [-0.1, -0.05) is 11.6 Å². The minimum Gasteiger partial charge on any atom is -0.396 e. The van der Waals surface area contributed by atoms with E-state index >= 15 is 0 Å². The molecule has 0 amide bonds. The Morgan fingerprint density at radius 3 is 3.00 bits per heavy atom. The lowest BCUT2D eigenvalue weighted by Gasteiger charge is -2.26. The van der Waals surface area contributed by atoms with E-state index in [1.165, 1.54) is 10.9 Å². The number of nitrogens with zero attached hydrogens (tertiary/aromatic N) is 3. The maximum Gasteiger partial charge on any atom is 0.261 e. The second-order valence-corrected chi connectivity index (χ2v) is 7.76. The fraction of sp³-hybridized carbons (Fsp3) is 0.833. The minimum absolute atomic E-state index is 0.0462. The van der Waals surface area contributed by atoms with E-state index in [-0.39, 0.29) is 23.1 Å². The second-order valence-electron chi connectivity index (χ2n) is 6.10. The lowest BCUT2D eigenvalue weighted by atomic mass is 9.81. The van der Waals surface area contributed by atoms with Gasteiger partial charge in [-0.25, -0.2) is 13.1 Å². The molecule has 0 aliphatic heterocycles. The van der Waals surface area contributed by atoms with Crippen molar-refractivity contribution in [2.24, 2.45) is 18.4 Å². The van der Waals surface area contributed by atoms with Crippen LogP contribution in [0.15, 0.2) is 11.2 Å². The summed E-state index contributed by atoms with van der Waals surface area (Å²) < 4.78 is 28.5. The molecule has 1 heterocycles. The highest BCUT2D eigenvalue weighted by Crippen LogP contribution is 2.53. The van der Waals surface area contributed by atoms with Crippen LogP contribution in [0.2, 0.25) is 0 Å². The summed E-state index contributed by atoms with van der Waals surface area (Å²) in [5.41, 5.74) is -0.0739. The second kappa shape index (κ2) is 4.78. The Bertz CT molecular complexity index is 600. The number of sulfonamides is 1. The van der Waals surface area contributed by atoms with Crippen LogP contribution < -0.4 is 4.72 Å². The number of nitrogens with one attached hydrogen (secondary N) is 1. The zero-order chi connectivity index (χ0) is 14.4. The number of aliphatic hydroxyl groups excluding tert-OH is 1. The summed E-state index contributed by atoms with van der Waals surface area (Å²) in [4.78, 5) is 0. The van der Waals surface area contributed by atoms with Gasteiger partial charge in [-0.05, 0) is 37.0 Å². The van der Waals surface area contributed by atoms with E-state index in [9.17, 15) is 13.5 Å². The van der Waals surface area contributed by atoms with Crippen LogP contribution in [-0.2, 0) is 17.1 Å². The van der Waals surface area contributed by atoms with Crippen LogP contribution in [0.1, 0.15) is 32.1 Å². The highest BCUT2D eigenvalue weighted by molar-refractivity contribution is 7.89. The number of aromatic nitrogens is 3. The number of fused-ring (bicyclic) bond motifs is 1. The van der Waals surface area contributed by atoms with Gasteiger partial charge >= 0.3 is 0 Å². The Morgan fingerprint density at radius 1 is 1.60 bits per heavy atom. The van der Waals surface area contributed by atoms with Gasteiger partial charge in [0.2, 0.25) is 5.03 Å². The number of hydrogen-bond donors (Lipinski definition) is 2. The molecule has 2 aliphatic carbocycles. The van der Waals surface area contributed by atoms with Crippen LogP contribution in [-0.4, -0.2) is 41.2 Å². The van der Waals surface area contributed by atoms with Gasteiger partial charge in [0.15, 0.2) is 0 Å². The predicted octanol–water partition coefficient (Wildman–Crippen LogP) is 0.0346. The number of aryl methyl sites for hydroxylation is 1. The van der Waals surface area contributed by atoms with Gasteiger partial charge in [0.05, 0.1) is 6.20 Å². The van der Waals surface area contributed by atoms with Crippen molar-refractivity contribution >= 4 is 10.0 Å². The Labute approximate surface area is 118 Å². The molecule has 1 aromatic rings. The Hall–Kier alpha value is -0.990. The molecule has 2 fully saturated rings. The highest BCUT2D eigenvalue weighted by Gasteiger charge is 2.50. The summed E-state index contributed by atoms with van der Waals surface area (Å²) in [6, 6.07) is -0.112. The summed E-state index contributed by atoms with van der Waals surface area (Å²) in [7, 11) is -1.98. The Balaban J connectivity index is 1.74. The lowest BCUT2D eigenvalue weighted by molar-refractivity contribution is 0.105. The summed E-state index contributed by atoms with van der Waals surface area (Å²) >= 11 is 0. The molecule has 0 radical (unpaired) electrons. The molecule has 2 N–H and O–H groups in total. The van der Waals surface area contributed by atoms with Gasteiger partial charge in [-0.3, -0.25) is 4.68 Å². The zero-order valence-corrected chi connectivity index (χ0v) is 12.3. The number of rotatable bonds is 4. The molecule has 112 valence electrons. The fourth-order valence-electron chi connectivity index (χ4n) is 3.86. The average Bonchev–Trinajstić information content (AvgIpc) is 3.02. The van der Waals surface area contributed by atoms with Gasteiger partial charge in [0.1, 0.15) is 0 Å². The fourth-order valence-corrected chi connectivity index (χ4v) is 5.03. The summed E-state index contributed by atoms with van der Waals surface area (Å²) in [6.07, 6.45) is 6.13. The largest absolute Gasteiger partial charge is 0.396 e. The number of aliphatic hydroxyl groups is 1. The first-order valence-electron chi connectivity index (χ1n) is 6.95. The molecule has 0 unspecified atom stereocenters. The van der Waals surface area contributed by atoms with E-state index in [0.717, 1.165) is 25.7 Å². The van der Waals surface area contributed by atoms with Crippen molar-refractivity contribution < 1.29 is 13.5 Å². The van der Waals surface area contributed by atoms with Gasteiger partial charge in [-0.15, -0.1) is 5.10 Å². The predicted molar refractivity (Wildman–Crippen MR) is 71.2 cm³/mol. The molecule has 2 aliphatic rings. The molecule has 3 rings (SSSR count). The van der Waals surface area contributed by atoms with Crippen molar-refractivity contribution in [3.63, 3.8) is 0 Å². The van der Waals surface area contributed by atoms with Crippen LogP contribution in [0.25, 0.3) is 0 Å². The topological polar surface area (TPSA) is 97.1 Å². The van der Waals surface area contributed by atoms with Crippen molar-refractivity contribution in [1.82, 2.24) is 19.7 Å². The lowest BCUT2D eigenvalue weighted by Crippen LogP contribution is -2.34. The van der Waals surface area contributed by atoms with Crippen molar-refractivity contribution in [2.45, 2.75) is 43.2 Å². The quantitative estimate of drug-likeness (QED) is 0.818. The molecule has 0 spiro atoms. The van der Waals surface area contributed by atoms with Gasteiger partial charge in [-0.2, -0.15) is 0 Å². The first kappa shape index (κ1) is 14.0. The van der Waals surface area contributed by atoms with E-state index in [1.54, 1.807) is 7.05 Å². The third-order valence-corrected chi connectivity index (χ3v) is 6.19. The molecule has 2 saturated carbocycles. The standard InChI is InChI=1S/C12H20N4O3S/c1-16-7-11(13-15-16)20(18,19)14-10-5-9-3-2-4-12(9,6-10)8-17/h7,9-10,14,17H,2-6,8H2,1H3/t9-,10+,12+/m0/s1. The van der Waals surface area contributed by atoms with Crippen LogP contribution >= 0.6 is 0 Å². The van der Waals surface area contributed by atoms with Crippen molar-refractivity contribution in [1.29, 1.82) is 0 Å². The SMILES string of the molecule is Cn1cc(S(=O)(=O)N[C@@H]2C[C@@H]3CCC[C@]3(CO)C2)nn1. The third-order valence-electron chi connectivity index (χ3n) is 4.81. The van der Waals surface area contributed by atoms with E-state index in [0.29, 0.717) is 12.3 Å². The van der Waals surface area contributed by atoms with Crippen LogP contribution in [0.3, 0.4) is 0 Å². The van der Waals surface area contributed by atoms with Crippen LogP contribution in [0.4, 0.5) is 0 Å². The molecule has 7 nitrogen and oxygen atoms in total. The molecule has 3 atom stereocenters. The molecule has 0 bridgehead atoms. The van der Waals surface area contributed by atoms with Crippen LogP contribution in [0.5, 0.6) is 0 Å². The normalized spacial score (nSPS) is 33.5. The van der Waals surface area contributed by atoms with Crippen molar-refractivity contribution in [3.8, 4) is 0 Å². The number of hydrogen-bond acceptors (Lipinski definition) is 5. The smallest absolute Gasteiger partial charge is 0.261 e. The molecule has 20 heavy (non-hydrogen) atoms. The Morgan fingerprint density at radius 2 is 2.40 bits per heavy atom. The summed E-state index contributed by atoms with van der Waals surface area (Å²) in [5.74, 6) is 0.432. The minimum atomic E-state index is -3.61. The average molecular weight is 300 g/mol. The molecular weight excluding hydrogens is 280 g/mol. The maximum absolute atomic E-state index is 12.2. The molecule has 0 aromatic carbocycles. The first-order chi connectivity index (χ1) is 9.45. The zero-order valence-electron chi connectivity index (χ0n) is 11.5. The van der Waals surface area contributed by atoms with Gasteiger partial charge < -0.3 is 5.11 Å². The van der Waals surface area contributed by atoms with Gasteiger partial charge in [0.25, 0.3) is 10.0 Å². The van der Waals surface area contributed by atoms with Crippen molar-refractivity contribution in [3.05, 3.63) is 6.20 Å². The third kappa shape index (κ3) is 2.25. The Kier molecular flexibility index (Phi) is 3.34. The van der Waals surface area contributed by atoms with E-state index in [2.05, 4.69) is 15.0 Å². The molecule has 0 saturated heterocycles. The van der Waals surface area contributed by atoms with E-state index in [1.807, 2.05) is 0 Å². The maximum atomic E-state index is 12.2.